The predicted molar refractivity (Wildman–Crippen MR) is 42.7 cm³/mol. The van der Waals surface area contributed by atoms with Crippen molar-refractivity contribution in [3.8, 4) is 0 Å². The van der Waals surface area contributed by atoms with Crippen LogP contribution in [0.3, 0.4) is 0 Å². The van der Waals surface area contributed by atoms with Gasteiger partial charge in [-0.05, 0) is 33.6 Å². The van der Waals surface area contributed by atoms with Crippen molar-refractivity contribution < 1.29 is 9.60 Å². The zero-order valence-corrected chi connectivity index (χ0v) is 7.23. The van der Waals surface area contributed by atoms with Crippen LogP contribution < -0.4 is 5.48 Å². The quantitative estimate of drug-likeness (QED) is 0.747. The minimum absolute atomic E-state index is 0.254. The Morgan fingerprint density at radius 2 is 2.27 bits per heavy atom. The summed E-state index contributed by atoms with van der Waals surface area (Å²) in [5.74, 6) is -0.322. The van der Waals surface area contributed by atoms with Gasteiger partial charge in [0.1, 0.15) is 5.82 Å². The molecule has 0 atom stereocenters. The molecule has 4 heteroatoms. The highest BCUT2D eigenvalue weighted by atomic mass is 79.9. The Bertz CT molecular complexity index is 254. The molecule has 0 saturated carbocycles. The van der Waals surface area contributed by atoms with Crippen LogP contribution in [0.4, 0.5) is 4.39 Å². The van der Waals surface area contributed by atoms with Crippen molar-refractivity contribution in [1.29, 1.82) is 0 Å². The fourth-order valence-electron chi connectivity index (χ4n) is 0.741. The molecule has 0 fully saturated rings. The number of rotatable bonds is 2. The first kappa shape index (κ1) is 8.64. The molecule has 1 rings (SSSR count). The van der Waals surface area contributed by atoms with Crippen LogP contribution in [0.1, 0.15) is 5.56 Å². The molecule has 0 amide bonds. The molecule has 0 aliphatic carbocycles. The van der Waals surface area contributed by atoms with Crippen molar-refractivity contribution in [3.63, 3.8) is 0 Å². The van der Waals surface area contributed by atoms with Crippen molar-refractivity contribution >= 4 is 15.9 Å². The Labute approximate surface area is 72.1 Å². The third-order valence-electron chi connectivity index (χ3n) is 1.27. The first-order valence-corrected chi connectivity index (χ1v) is 3.84. The molecule has 2 nitrogen and oxygen atoms in total. The highest BCUT2D eigenvalue weighted by Gasteiger charge is 1.98. The zero-order chi connectivity index (χ0) is 8.27. The third-order valence-corrected chi connectivity index (χ3v) is 1.91. The Hall–Kier alpha value is -0.450. The van der Waals surface area contributed by atoms with E-state index in [-0.39, 0.29) is 12.4 Å². The Kier molecular flexibility index (Phi) is 2.99. The second-order valence-corrected chi connectivity index (χ2v) is 2.94. The molecule has 0 spiro atoms. The van der Waals surface area contributed by atoms with E-state index in [1.807, 2.05) is 5.48 Å². The summed E-state index contributed by atoms with van der Waals surface area (Å²) in [5, 5.41) is 8.30. The minimum Gasteiger partial charge on any atom is -0.316 e. The van der Waals surface area contributed by atoms with Gasteiger partial charge in [-0.15, -0.1) is 0 Å². The molecule has 11 heavy (non-hydrogen) atoms. The largest absolute Gasteiger partial charge is 0.316 e. The van der Waals surface area contributed by atoms with E-state index < -0.39 is 0 Å². The Morgan fingerprint density at radius 3 is 2.82 bits per heavy atom. The number of benzene rings is 1. The molecule has 1 aromatic rings. The van der Waals surface area contributed by atoms with Gasteiger partial charge in [-0.1, -0.05) is 6.07 Å². The zero-order valence-electron chi connectivity index (χ0n) is 5.64. The van der Waals surface area contributed by atoms with Gasteiger partial charge < -0.3 is 5.21 Å². The van der Waals surface area contributed by atoms with E-state index in [1.54, 1.807) is 12.1 Å². The molecule has 0 unspecified atom stereocenters. The molecule has 1 aromatic carbocycles. The molecule has 0 bridgehead atoms. The van der Waals surface area contributed by atoms with Gasteiger partial charge in [-0.25, -0.2) is 9.87 Å². The summed E-state index contributed by atoms with van der Waals surface area (Å²) in [5.41, 5.74) is 2.65. The summed E-state index contributed by atoms with van der Waals surface area (Å²) in [6, 6.07) is 4.67. The second kappa shape index (κ2) is 3.80. The molecule has 0 heterocycles. The fraction of sp³-hybridized carbons (Fsp3) is 0.143. The average molecular weight is 220 g/mol. The van der Waals surface area contributed by atoms with E-state index in [0.717, 1.165) is 0 Å². The summed E-state index contributed by atoms with van der Waals surface area (Å²) in [7, 11) is 0. The van der Waals surface area contributed by atoms with Crippen LogP contribution in [-0.4, -0.2) is 5.21 Å². The van der Waals surface area contributed by atoms with Crippen LogP contribution in [0.5, 0.6) is 0 Å². The first-order valence-electron chi connectivity index (χ1n) is 3.05. The molecule has 0 aliphatic heterocycles. The number of hydrogen-bond donors (Lipinski definition) is 2. The van der Waals surface area contributed by atoms with Crippen LogP contribution in [0, 0.1) is 5.82 Å². The lowest BCUT2D eigenvalue weighted by Gasteiger charge is -1.99. The lowest BCUT2D eigenvalue weighted by atomic mass is 10.2. The van der Waals surface area contributed by atoms with Crippen molar-refractivity contribution in [3.05, 3.63) is 34.1 Å². The monoisotopic (exact) mass is 219 g/mol. The van der Waals surface area contributed by atoms with Gasteiger partial charge in [-0.2, -0.15) is 0 Å². The molecule has 0 saturated heterocycles. The van der Waals surface area contributed by atoms with Gasteiger partial charge in [0.15, 0.2) is 0 Å². The van der Waals surface area contributed by atoms with Crippen LogP contribution in [-0.2, 0) is 6.54 Å². The summed E-state index contributed by atoms with van der Waals surface area (Å²) < 4.78 is 13.2. The molecule has 0 radical (unpaired) electrons. The minimum atomic E-state index is -0.322. The SMILES string of the molecule is ONCc1ccc(Br)c(F)c1. The topological polar surface area (TPSA) is 32.3 Å². The van der Waals surface area contributed by atoms with Gasteiger partial charge in [-0.3, -0.25) is 0 Å². The van der Waals surface area contributed by atoms with E-state index >= 15 is 0 Å². The molecular formula is C7H7BrFNO. The number of nitrogens with one attached hydrogen (secondary N) is 1. The second-order valence-electron chi connectivity index (χ2n) is 2.08. The highest BCUT2D eigenvalue weighted by Crippen LogP contribution is 2.15. The van der Waals surface area contributed by atoms with Crippen LogP contribution in [0.15, 0.2) is 22.7 Å². The first-order chi connectivity index (χ1) is 5.24. The van der Waals surface area contributed by atoms with Gasteiger partial charge in [0, 0.05) is 6.54 Å². The summed E-state index contributed by atoms with van der Waals surface area (Å²) in [6.07, 6.45) is 0. The molecule has 60 valence electrons. The standard InChI is InChI=1S/C7H7BrFNO/c8-6-2-1-5(4-10-11)3-7(6)9/h1-3,10-11H,4H2. The number of halogens is 2. The summed E-state index contributed by atoms with van der Waals surface area (Å²) >= 11 is 3.02. The maximum Gasteiger partial charge on any atom is 0.137 e. The maximum atomic E-state index is 12.7. The molecule has 0 aromatic heterocycles. The van der Waals surface area contributed by atoms with Gasteiger partial charge in [0.05, 0.1) is 4.47 Å². The van der Waals surface area contributed by atoms with Crippen LogP contribution >= 0.6 is 15.9 Å². The molecule has 2 N–H and O–H groups in total. The van der Waals surface area contributed by atoms with Gasteiger partial charge in [0.2, 0.25) is 0 Å². The average Bonchev–Trinajstić information content (AvgIpc) is 1.98. The van der Waals surface area contributed by atoms with E-state index in [0.29, 0.717) is 10.0 Å². The van der Waals surface area contributed by atoms with E-state index in [1.165, 1.54) is 6.07 Å². The van der Waals surface area contributed by atoms with Gasteiger partial charge in [0.25, 0.3) is 0 Å². The van der Waals surface area contributed by atoms with Crippen LogP contribution in [0.2, 0.25) is 0 Å². The number of hydrogen-bond acceptors (Lipinski definition) is 2. The molecular weight excluding hydrogens is 213 g/mol. The van der Waals surface area contributed by atoms with Crippen molar-refractivity contribution in [1.82, 2.24) is 5.48 Å². The van der Waals surface area contributed by atoms with E-state index in [2.05, 4.69) is 15.9 Å². The van der Waals surface area contributed by atoms with E-state index in [4.69, 9.17) is 5.21 Å². The summed E-state index contributed by atoms with van der Waals surface area (Å²) in [4.78, 5) is 0. The highest BCUT2D eigenvalue weighted by molar-refractivity contribution is 9.10. The maximum absolute atomic E-state index is 12.7. The van der Waals surface area contributed by atoms with E-state index in [9.17, 15) is 4.39 Å². The smallest absolute Gasteiger partial charge is 0.137 e. The van der Waals surface area contributed by atoms with Crippen molar-refractivity contribution in [2.45, 2.75) is 6.54 Å². The van der Waals surface area contributed by atoms with Gasteiger partial charge >= 0.3 is 0 Å². The summed E-state index contributed by atoms with van der Waals surface area (Å²) in [6.45, 7) is 0.254. The van der Waals surface area contributed by atoms with Crippen molar-refractivity contribution in [2.24, 2.45) is 0 Å². The van der Waals surface area contributed by atoms with Crippen LogP contribution in [0.25, 0.3) is 0 Å². The molecule has 0 aliphatic rings. The lowest BCUT2D eigenvalue weighted by molar-refractivity contribution is 0.161. The Morgan fingerprint density at radius 1 is 1.55 bits per heavy atom. The normalized spacial score (nSPS) is 10.1. The van der Waals surface area contributed by atoms with Crippen molar-refractivity contribution in [2.75, 3.05) is 0 Å². The predicted octanol–water partition coefficient (Wildman–Crippen LogP) is 2.07. The lowest BCUT2D eigenvalue weighted by Crippen LogP contribution is -2.05. The third kappa shape index (κ3) is 2.25. The Balaban J connectivity index is 2.86. The number of hydroxylamine groups is 1. The fourth-order valence-corrected chi connectivity index (χ4v) is 0.988.